The standard InChI is InChI=1S/C16H25FN2O/c1-12-5-4-8-16(11-12,20-2)15(19-18)10-13-6-3-7-14(17)9-13/h3,6-7,9,12,15,19H,4-5,8,10-11,18H2,1-2H3. The number of halogens is 1. The number of hydrogen-bond donors (Lipinski definition) is 2. The normalized spacial score (nSPS) is 28.3. The summed E-state index contributed by atoms with van der Waals surface area (Å²) in [6, 6.07) is 6.70. The summed E-state index contributed by atoms with van der Waals surface area (Å²) in [5.74, 6) is 6.20. The summed E-state index contributed by atoms with van der Waals surface area (Å²) in [5.41, 5.74) is 3.60. The molecule has 1 fully saturated rings. The van der Waals surface area contributed by atoms with E-state index in [2.05, 4.69) is 12.3 Å². The molecule has 0 spiro atoms. The lowest BCUT2D eigenvalue weighted by Crippen LogP contribution is -2.57. The molecule has 20 heavy (non-hydrogen) atoms. The number of hydrogen-bond acceptors (Lipinski definition) is 3. The summed E-state index contributed by atoms with van der Waals surface area (Å²) in [6.45, 7) is 2.25. The first-order valence-electron chi connectivity index (χ1n) is 7.35. The van der Waals surface area contributed by atoms with Crippen LogP contribution in [0.15, 0.2) is 24.3 Å². The average Bonchev–Trinajstić information content (AvgIpc) is 2.44. The van der Waals surface area contributed by atoms with Crippen LogP contribution in [-0.4, -0.2) is 18.8 Å². The maximum atomic E-state index is 13.3. The van der Waals surface area contributed by atoms with Gasteiger partial charge in [0, 0.05) is 7.11 Å². The van der Waals surface area contributed by atoms with Crippen LogP contribution in [0, 0.1) is 11.7 Å². The van der Waals surface area contributed by atoms with Crippen LogP contribution in [0.2, 0.25) is 0 Å². The minimum Gasteiger partial charge on any atom is -0.377 e. The van der Waals surface area contributed by atoms with E-state index in [9.17, 15) is 4.39 Å². The Kier molecular flexibility index (Phi) is 5.13. The van der Waals surface area contributed by atoms with Crippen molar-refractivity contribution in [3.05, 3.63) is 35.6 Å². The molecule has 3 unspecified atom stereocenters. The van der Waals surface area contributed by atoms with E-state index >= 15 is 0 Å². The predicted molar refractivity (Wildman–Crippen MR) is 78.6 cm³/mol. The highest BCUT2D eigenvalue weighted by Crippen LogP contribution is 2.38. The summed E-state index contributed by atoms with van der Waals surface area (Å²) in [6.07, 6.45) is 5.05. The van der Waals surface area contributed by atoms with E-state index in [4.69, 9.17) is 10.6 Å². The van der Waals surface area contributed by atoms with E-state index in [1.807, 2.05) is 6.07 Å². The second-order valence-electron chi connectivity index (χ2n) is 6.02. The maximum absolute atomic E-state index is 13.3. The van der Waals surface area contributed by atoms with Crippen molar-refractivity contribution in [3.63, 3.8) is 0 Å². The van der Waals surface area contributed by atoms with Crippen LogP contribution in [0.5, 0.6) is 0 Å². The molecule has 3 atom stereocenters. The van der Waals surface area contributed by atoms with Crippen molar-refractivity contribution in [1.82, 2.24) is 5.43 Å². The molecule has 1 saturated carbocycles. The monoisotopic (exact) mass is 280 g/mol. The van der Waals surface area contributed by atoms with Crippen molar-refractivity contribution in [1.29, 1.82) is 0 Å². The Morgan fingerprint density at radius 1 is 1.55 bits per heavy atom. The van der Waals surface area contributed by atoms with E-state index < -0.39 is 0 Å². The van der Waals surface area contributed by atoms with Crippen LogP contribution in [0.3, 0.4) is 0 Å². The molecule has 3 N–H and O–H groups in total. The number of benzene rings is 1. The van der Waals surface area contributed by atoms with Crippen molar-refractivity contribution < 1.29 is 9.13 Å². The van der Waals surface area contributed by atoms with Crippen LogP contribution in [-0.2, 0) is 11.2 Å². The fourth-order valence-corrected chi connectivity index (χ4v) is 3.48. The highest BCUT2D eigenvalue weighted by molar-refractivity contribution is 5.19. The Morgan fingerprint density at radius 2 is 2.35 bits per heavy atom. The Morgan fingerprint density at radius 3 is 2.95 bits per heavy atom. The summed E-state index contributed by atoms with van der Waals surface area (Å²) < 4.78 is 19.2. The molecule has 1 aliphatic carbocycles. The number of nitrogens with two attached hydrogens (primary N) is 1. The lowest BCUT2D eigenvalue weighted by atomic mass is 9.73. The number of nitrogens with one attached hydrogen (secondary N) is 1. The van der Waals surface area contributed by atoms with Gasteiger partial charge in [0.15, 0.2) is 0 Å². The molecule has 0 aliphatic heterocycles. The SMILES string of the molecule is COC1(C(Cc2cccc(F)c2)NN)CCCC(C)C1. The van der Waals surface area contributed by atoms with Crippen LogP contribution >= 0.6 is 0 Å². The van der Waals surface area contributed by atoms with Gasteiger partial charge in [-0.1, -0.05) is 31.9 Å². The molecule has 2 rings (SSSR count). The lowest BCUT2D eigenvalue weighted by molar-refractivity contribution is -0.0791. The molecule has 112 valence electrons. The van der Waals surface area contributed by atoms with Gasteiger partial charge in [0.2, 0.25) is 0 Å². The zero-order chi connectivity index (χ0) is 14.6. The third kappa shape index (κ3) is 3.37. The summed E-state index contributed by atoms with van der Waals surface area (Å²) in [7, 11) is 1.76. The van der Waals surface area contributed by atoms with E-state index in [1.54, 1.807) is 19.2 Å². The van der Waals surface area contributed by atoms with Gasteiger partial charge in [-0.15, -0.1) is 0 Å². The molecule has 0 amide bonds. The minimum atomic E-state index is -0.251. The summed E-state index contributed by atoms with van der Waals surface area (Å²) in [5, 5.41) is 0. The van der Waals surface area contributed by atoms with Gasteiger partial charge in [0.25, 0.3) is 0 Å². The van der Waals surface area contributed by atoms with Gasteiger partial charge in [0.1, 0.15) is 5.82 Å². The average molecular weight is 280 g/mol. The first-order valence-corrected chi connectivity index (χ1v) is 7.35. The fraction of sp³-hybridized carbons (Fsp3) is 0.625. The van der Waals surface area contributed by atoms with E-state index in [0.29, 0.717) is 12.3 Å². The number of methoxy groups -OCH3 is 1. The second-order valence-corrected chi connectivity index (χ2v) is 6.02. The zero-order valence-electron chi connectivity index (χ0n) is 12.4. The van der Waals surface area contributed by atoms with Crippen molar-refractivity contribution in [2.75, 3.05) is 7.11 Å². The quantitative estimate of drug-likeness (QED) is 0.644. The molecule has 1 aromatic rings. The first-order chi connectivity index (χ1) is 9.59. The fourth-order valence-electron chi connectivity index (χ4n) is 3.48. The molecule has 0 aromatic heterocycles. The largest absolute Gasteiger partial charge is 0.377 e. The van der Waals surface area contributed by atoms with Gasteiger partial charge in [-0.3, -0.25) is 11.3 Å². The topological polar surface area (TPSA) is 47.3 Å². The van der Waals surface area contributed by atoms with Gasteiger partial charge in [-0.05, 0) is 42.9 Å². The van der Waals surface area contributed by atoms with Crippen molar-refractivity contribution in [3.8, 4) is 0 Å². The first kappa shape index (κ1) is 15.4. The molecule has 0 heterocycles. The molecule has 0 radical (unpaired) electrons. The molecule has 1 aliphatic rings. The van der Waals surface area contributed by atoms with Crippen LogP contribution < -0.4 is 11.3 Å². The van der Waals surface area contributed by atoms with Gasteiger partial charge >= 0.3 is 0 Å². The van der Waals surface area contributed by atoms with Crippen molar-refractivity contribution in [2.45, 2.75) is 50.7 Å². The van der Waals surface area contributed by atoms with Gasteiger partial charge in [-0.25, -0.2) is 4.39 Å². The molecular formula is C16H25FN2O. The smallest absolute Gasteiger partial charge is 0.123 e. The number of hydrazine groups is 1. The van der Waals surface area contributed by atoms with Crippen molar-refractivity contribution in [2.24, 2.45) is 11.8 Å². The summed E-state index contributed by atoms with van der Waals surface area (Å²) in [4.78, 5) is 0. The highest BCUT2D eigenvalue weighted by atomic mass is 19.1. The Hall–Kier alpha value is -0.970. The van der Waals surface area contributed by atoms with Crippen LogP contribution in [0.4, 0.5) is 4.39 Å². The van der Waals surface area contributed by atoms with Crippen molar-refractivity contribution >= 4 is 0 Å². The number of ether oxygens (including phenoxy) is 1. The van der Waals surface area contributed by atoms with E-state index in [-0.39, 0.29) is 17.5 Å². The van der Waals surface area contributed by atoms with Crippen LogP contribution in [0.1, 0.15) is 38.2 Å². The van der Waals surface area contributed by atoms with Gasteiger partial charge in [0.05, 0.1) is 11.6 Å². The number of rotatable bonds is 5. The minimum absolute atomic E-state index is 0.00273. The summed E-state index contributed by atoms with van der Waals surface area (Å²) >= 11 is 0. The Balaban J connectivity index is 2.17. The maximum Gasteiger partial charge on any atom is 0.123 e. The Bertz CT molecular complexity index is 440. The molecule has 0 bridgehead atoms. The van der Waals surface area contributed by atoms with Gasteiger partial charge in [-0.2, -0.15) is 0 Å². The highest BCUT2D eigenvalue weighted by Gasteiger charge is 2.41. The predicted octanol–water partition coefficient (Wildman–Crippen LogP) is 2.80. The molecular weight excluding hydrogens is 255 g/mol. The third-order valence-electron chi connectivity index (χ3n) is 4.56. The molecule has 3 nitrogen and oxygen atoms in total. The zero-order valence-corrected chi connectivity index (χ0v) is 12.4. The van der Waals surface area contributed by atoms with Gasteiger partial charge < -0.3 is 4.74 Å². The van der Waals surface area contributed by atoms with E-state index in [0.717, 1.165) is 24.8 Å². The van der Waals surface area contributed by atoms with E-state index in [1.165, 1.54) is 12.5 Å². The molecule has 0 saturated heterocycles. The second kappa shape index (κ2) is 6.66. The Labute approximate surface area is 120 Å². The molecule has 1 aromatic carbocycles. The third-order valence-corrected chi connectivity index (χ3v) is 4.56. The lowest BCUT2D eigenvalue weighted by Gasteiger charge is -2.44. The molecule has 4 heteroatoms. The van der Waals surface area contributed by atoms with Crippen LogP contribution in [0.25, 0.3) is 0 Å².